The van der Waals surface area contributed by atoms with Crippen molar-refractivity contribution in [3.05, 3.63) is 65.9 Å². The summed E-state index contributed by atoms with van der Waals surface area (Å²) in [5.41, 5.74) is 3.26. The second-order valence-electron chi connectivity index (χ2n) is 7.52. The molecule has 4 aromatic rings. The van der Waals surface area contributed by atoms with Crippen LogP contribution in [0.5, 0.6) is 0 Å². The van der Waals surface area contributed by atoms with Crippen molar-refractivity contribution in [2.45, 2.75) is 12.8 Å². The average Bonchev–Trinajstić information content (AvgIpc) is 3.51. The quantitative estimate of drug-likeness (QED) is 0.490. The fourth-order valence-electron chi connectivity index (χ4n) is 3.91. The van der Waals surface area contributed by atoms with Gasteiger partial charge in [-0.1, -0.05) is 0 Å². The first-order chi connectivity index (χ1) is 14.7. The van der Waals surface area contributed by atoms with Crippen molar-refractivity contribution >= 4 is 39.1 Å². The monoisotopic (exact) mass is 419 g/mol. The summed E-state index contributed by atoms with van der Waals surface area (Å²) in [6.45, 7) is 1.11. The Balaban J connectivity index is 1.23. The number of aromatic nitrogens is 1. The van der Waals surface area contributed by atoms with E-state index >= 15 is 0 Å². The first-order valence-electron chi connectivity index (χ1n) is 9.98. The molecule has 0 unspecified atom stereocenters. The summed E-state index contributed by atoms with van der Waals surface area (Å²) in [5.74, 6) is 0.478. The second-order valence-corrected chi connectivity index (χ2v) is 8.46. The number of H-pyrrole nitrogens is 1. The number of carbonyl (C=O) groups excluding carboxylic acids is 2. The highest BCUT2D eigenvalue weighted by Crippen LogP contribution is 2.25. The van der Waals surface area contributed by atoms with Crippen molar-refractivity contribution in [1.82, 2.24) is 9.88 Å². The molecule has 3 aromatic heterocycles. The lowest BCUT2D eigenvalue weighted by molar-refractivity contribution is -0.121. The number of hydrogen-bond acceptors (Lipinski definition) is 4. The Kier molecular flexibility index (Phi) is 4.88. The van der Waals surface area contributed by atoms with E-state index < -0.39 is 0 Å². The van der Waals surface area contributed by atoms with Crippen molar-refractivity contribution in [2.75, 3.05) is 18.4 Å². The van der Waals surface area contributed by atoms with E-state index in [9.17, 15) is 9.59 Å². The molecule has 1 saturated heterocycles. The third-order valence-electron chi connectivity index (χ3n) is 5.51. The van der Waals surface area contributed by atoms with Crippen LogP contribution in [0.1, 0.15) is 23.3 Å². The summed E-state index contributed by atoms with van der Waals surface area (Å²) in [6, 6.07) is 15.2. The second kappa shape index (κ2) is 7.84. The van der Waals surface area contributed by atoms with Gasteiger partial charge in [-0.2, -0.15) is 0 Å². The van der Waals surface area contributed by atoms with Crippen LogP contribution < -0.4 is 5.32 Å². The highest BCUT2D eigenvalue weighted by molar-refractivity contribution is 7.17. The van der Waals surface area contributed by atoms with Crippen molar-refractivity contribution in [1.29, 1.82) is 0 Å². The Hall–Kier alpha value is -3.32. The van der Waals surface area contributed by atoms with E-state index in [0.717, 1.165) is 40.1 Å². The third kappa shape index (κ3) is 3.64. The molecule has 1 fully saturated rings. The topological polar surface area (TPSA) is 78.3 Å². The van der Waals surface area contributed by atoms with E-state index in [1.807, 2.05) is 53.9 Å². The molecule has 0 spiro atoms. The predicted molar refractivity (Wildman–Crippen MR) is 118 cm³/mol. The van der Waals surface area contributed by atoms with E-state index in [2.05, 4.69) is 10.3 Å². The minimum atomic E-state index is -0.219. The maximum absolute atomic E-state index is 12.9. The summed E-state index contributed by atoms with van der Waals surface area (Å²) in [7, 11) is 0. The number of likely N-dealkylation sites (tertiary alicyclic amines) is 1. The minimum Gasteiger partial charge on any atom is -0.464 e. The molecule has 2 N–H and O–H groups in total. The van der Waals surface area contributed by atoms with Crippen molar-refractivity contribution in [3.8, 4) is 11.3 Å². The van der Waals surface area contributed by atoms with Crippen LogP contribution in [0.2, 0.25) is 0 Å². The zero-order valence-corrected chi connectivity index (χ0v) is 17.1. The lowest BCUT2D eigenvalue weighted by Crippen LogP contribution is -2.43. The number of piperidine rings is 1. The third-order valence-corrected chi connectivity index (χ3v) is 6.37. The summed E-state index contributed by atoms with van der Waals surface area (Å²) in [4.78, 5) is 30.7. The fraction of sp³-hybridized carbons (Fsp3) is 0.217. The molecule has 2 amide bonds. The standard InChI is InChI=1S/C23H21N3O3S/c27-22(24-17-7-5-15(6-8-17)20-4-2-11-29-20)16-3-1-10-26(14-16)23(28)19-13-21-18(25-19)9-12-30-21/h2,4-9,11-13,16,25H,1,3,10,14H2,(H,24,27)/t16-/m1/s1. The first-order valence-corrected chi connectivity index (χ1v) is 10.9. The number of fused-ring (bicyclic) bond motifs is 1. The van der Waals surface area contributed by atoms with Gasteiger partial charge < -0.3 is 19.6 Å². The lowest BCUT2D eigenvalue weighted by atomic mass is 9.96. The van der Waals surface area contributed by atoms with Gasteiger partial charge in [-0.25, -0.2) is 0 Å². The summed E-state index contributed by atoms with van der Waals surface area (Å²) < 4.78 is 6.47. The van der Waals surface area contributed by atoms with Gasteiger partial charge in [0.15, 0.2) is 0 Å². The number of hydrogen-bond donors (Lipinski definition) is 2. The maximum Gasteiger partial charge on any atom is 0.270 e. The smallest absolute Gasteiger partial charge is 0.270 e. The average molecular weight is 420 g/mol. The molecular weight excluding hydrogens is 398 g/mol. The van der Waals surface area contributed by atoms with Crippen LogP contribution in [-0.2, 0) is 4.79 Å². The Labute approximate surface area is 177 Å². The summed E-state index contributed by atoms with van der Waals surface area (Å²) in [5, 5.41) is 4.98. The van der Waals surface area contributed by atoms with Gasteiger partial charge >= 0.3 is 0 Å². The van der Waals surface area contributed by atoms with Crippen LogP contribution in [0, 0.1) is 5.92 Å². The van der Waals surface area contributed by atoms with Crippen LogP contribution in [0.25, 0.3) is 21.5 Å². The number of nitrogens with zero attached hydrogens (tertiary/aromatic N) is 1. The molecule has 6 nitrogen and oxygen atoms in total. The van der Waals surface area contributed by atoms with Crippen LogP contribution in [0.4, 0.5) is 5.69 Å². The van der Waals surface area contributed by atoms with Crippen molar-refractivity contribution in [2.24, 2.45) is 5.92 Å². The van der Waals surface area contributed by atoms with Crippen LogP contribution in [0.15, 0.2) is 64.6 Å². The van der Waals surface area contributed by atoms with E-state index in [-0.39, 0.29) is 17.7 Å². The highest BCUT2D eigenvalue weighted by Gasteiger charge is 2.29. The molecule has 0 aliphatic carbocycles. The maximum atomic E-state index is 12.9. The lowest BCUT2D eigenvalue weighted by Gasteiger charge is -2.31. The summed E-state index contributed by atoms with van der Waals surface area (Å²) in [6.07, 6.45) is 3.23. The SMILES string of the molecule is O=C(Nc1ccc(-c2ccco2)cc1)[C@@H]1CCCN(C(=O)c2cc3sccc3[nH]2)C1. The van der Waals surface area contributed by atoms with Crippen LogP contribution in [-0.4, -0.2) is 34.8 Å². The number of aromatic amines is 1. The number of anilines is 1. The number of rotatable bonds is 4. The largest absolute Gasteiger partial charge is 0.464 e. The van der Waals surface area contributed by atoms with Gasteiger partial charge in [0, 0.05) is 24.3 Å². The number of nitrogens with one attached hydrogen (secondary N) is 2. The van der Waals surface area contributed by atoms with E-state index in [1.165, 1.54) is 0 Å². The minimum absolute atomic E-state index is 0.0429. The Morgan fingerprint density at radius 1 is 1.17 bits per heavy atom. The van der Waals surface area contributed by atoms with E-state index in [1.54, 1.807) is 22.5 Å². The van der Waals surface area contributed by atoms with Crippen LogP contribution >= 0.6 is 11.3 Å². The normalized spacial score (nSPS) is 16.7. The summed E-state index contributed by atoms with van der Waals surface area (Å²) >= 11 is 1.61. The molecule has 4 heterocycles. The van der Waals surface area contributed by atoms with E-state index in [0.29, 0.717) is 18.8 Å². The Morgan fingerprint density at radius 3 is 2.80 bits per heavy atom. The number of carbonyl (C=O) groups is 2. The van der Waals surface area contributed by atoms with Crippen molar-refractivity contribution < 1.29 is 14.0 Å². The van der Waals surface area contributed by atoms with Crippen molar-refractivity contribution in [3.63, 3.8) is 0 Å². The number of furan rings is 1. The number of amides is 2. The molecule has 0 bridgehead atoms. The van der Waals surface area contributed by atoms with Gasteiger partial charge in [-0.15, -0.1) is 11.3 Å². The number of benzene rings is 1. The molecule has 1 aliphatic rings. The fourth-order valence-corrected chi connectivity index (χ4v) is 4.70. The molecule has 1 aliphatic heterocycles. The van der Waals surface area contributed by atoms with Gasteiger partial charge in [0.2, 0.25) is 5.91 Å². The molecule has 7 heteroatoms. The molecule has 0 saturated carbocycles. The molecule has 5 rings (SSSR count). The zero-order valence-electron chi connectivity index (χ0n) is 16.3. The number of thiophene rings is 1. The predicted octanol–water partition coefficient (Wildman–Crippen LogP) is 4.98. The molecular formula is C23H21N3O3S. The van der Waals surface area contributed by atoms with Gasteiger partial charge in [0.05, 0.1) is 22.4 Å². The molecule has 0 radical (unpaired) electrons. The van der Waals surface area contributed by atoms with Gasteiger partial charge in [-0.3, -0.25) is 9.59 Å². The van der Waals surface area contributed by atoms with Gasteiger partial charge in [0.25, 0.3) is 5.91 Å². The molecule has 30 heavy (non-hydrogen) atoms. The van der Waals surface area contributed by atoms with Gasteiger partial charge in [-0.05, 0) is 66.8 Å². The van der Waals surface area contributed by atoms with E-state index in [4.69, 9.17) is 4.42 Å². The van der Waals surface area contributed by atoms with Crippen LogP contribution in [0.3, 0.4) is 0 Å². The molecule has 1 atom stereocenters. The Morgan fingerprint density at radius 2 is 2.03 bits per heavy atom. The first kappa shape index (κ1) is 18.7. The molecule has 1 aromatic carbocycles. The zero-order chi connectivity index (χ0) is 20.5. The van der Waals surface area contributed by atoms with Gasteiger partial charge in [0.1, 0.15) is 11.5 Å². The Bertz CT molecular complexity index is 1150. The highest BCUT2D eigenvalue weighted by atomic mass is 32.1. The molecule has 152 valence electrons.